The fourth-order valence-electron chi connectivity index (χ4n) is 2.72. The van der Waals surface area contributed by atoms with Gasteiger partial charge in [-0.15, -0.1) is 12.4 Å². The lowest BCUT2D eigenvalue weighted by atomic mass is 9.93. The van der Waals surface area contributed by atoms with Gasteiger partial charge in [0.1, 0.15) is 5.75 Å². The zero-order valence-electron chi connectivity index (χ0n) is 16.2. The zero-order chi connectivity index (χ0) is 20.8. The molecule has 0 unspecified atom stereocenters. The SMILES string of the molecule is Cc1ccc(CCOc2ccc(CCC(N)(CO)CO)cc2C(F)(F)F)cc1.Cl. The van der Waals surface area contributed by atoms with Gasteiger partial charge in [0.15, 0.2) is 0 Å². The standard InChI is InChI=1S/C21H26F3NO3.ClH/c1-15-2-4-16(5-3-15)9-11-28-19-7-6-17(12-18(19)21(22,23)24)8-10-20(25,13-26)14-27;/h2-7,12,26-27H,8-11,13-14,25H2,1H3;1H. The third-order valence-corrected chi connectivity index (χ3v) is 4.66. The van der Waals surface area contributed by atoms with Crippen molar-refractivity contribution in [1.29, 1.82) is 0 Å². The lowest BCUT2D eigenvalue weighted by Gasteiger charge is -2.24. The molecule has 0 atom stereocenters. The molecule has 0 amide bonds. The number of alkyl halides is 3. The Bertz CT molecular complexity index is 763. The Morgan fingerprint density at radius 1 is 0.931 bits per heavy atom. The molecule has 0 saturated carbocycles. The van der Waals surface area contributed by atoms with E-state index in [4.69, 9.17) is 10.5 Å². The van der Waals surface area contributed by atoms with Crippen molar-refractivity contribution in [2.24, 2.45) is 5.73 Å². The van der Waals surface area contributed by atoms with Gasteiger partial charge >= 0.3 is 6.18 Å². The van der Waals surface area contributed by atoms with Crippen LogP contribution < -0.4 is 10.5 Å². The van der Waals surface area contributed by atoms with Gasteiger partial charge in [-0.05, 0) is 43.0 Å². The number of aryl methyl sites for hydroxylation is 2. The molecule has 0 heterocycles. The first-order chi connectivity index (χ1) is 13.2. The molecule has 0 aliphatic rings. The second-order valence-electron chi connectivity index (χ2n) is 7.09. The van der Waals surface area contributed by atoms with Gasteiger partial charge in [-0.2, -0.15) is 13.2 Å². The summed E-state index contributed by atoms with van der Waals surface area (Å²) in [6, 6.07) is 11.6. The predicted octanol–water partition coefficient (Wildman–Crippen LogP) is 3.67. The van der Waals surface area contributed by atoms with E-state index in [0.29, 0.717) is 12.0 Å². The van der Waals surface area contributed by atoms with Crippen molar-refractivity contribution in [3.8, 4) is 5.75 Å². The molecule has 2 aromatic rings. The topological polar surface area (TPSA) is 75.7 Å². The van der Waals surface area contributed by atoms with Gasteiger partial charge < -0.3 is 20.7 Å². The Balaban J connectivity index is 0.00000420. The Morgan fingerprint density at radius 3 is 2.07 bits per heavy atom. The second kappa shape index (κ2) is 10.8. The molecule has 29 heavy (non-hydrogen) atoms. The summed E-state index contributed by atoms with van der Waals surface area (Å²) in [5.41, 5.74) is 6.23. The first-order valence-electron chi connectivity index (χ1n) is 9.06. The first-order valence-corrected chi connectivity index (χ1v) is 9.06. The second-order valence-corrected chi connectivity index (χ2v) is 7.09. The number of halogens is 4. The number of aliphatic hydroxyl groups is 2. The number of hydrogen-bond acceptors (Lipinski definition) is 4. The molecule has 0 aliphatic heterocycles. The lowest BCUT2D eigenvalue weighted by molar-refractivity contribution is -0.139. The monoisotopic (exact) mass is 433 g/mol. The highest BCUT2D eigenvalue weighted by atomic mass is 35.5. The molecule has 0 bridgehead atoms. The number of hydrogen-bond donors (Lipinski definition) is 3. The molecule has 0 saturated heterocycles. The van der Waals surface area contributed by atoms with E-state index in [1.54, 1.807) is 6.07 Å². The summed E-state index contributed by atoms with van der Waals surface area (Å²) in [5.74, 6) is -0.216. The Morgan fingerprint density at radius 2 is 1.52 bits per heavy atom. The Kier molecular flexibility index (Phi) is 9.42. The molecule has 8 heteroatoms. The van der Waals surface area contributed by atoms with Gasteiger partial charge in [0.25, 0.3) is 0 Å². The molecule has 2 rings (SSSR count). The summed E-state index contributed by atoms with van der Waals surface area (Å²) in [6.45, 7) is 1.20. The van der Waals surface area contributed by atoms with Gasteiger partial charge in [-0.1, -0.05) is 35.9 Å². The van der Waals surface area contributed by atoms with Crippen molar-refractivity contribution in [1.82, 2.24) is 0 Å². The van der Waals surface area contributed by atoms with Crippen LogP contribution >= 0.6 is 12.4 Å². The molecular formula is C21H27ClF3NO3. The maximum atomic E-state index is 13.4. The lowest BCUT2D eigenvalue weighted by Crippen LogP contribution is -2.47. The summed E-state index contributed by atoms with van der Waals surface area (Å²) in [5, 5.41) is 18.4. The van der Waals surface area contributed by atoms with E-state index in [2.05, 4.69) is 0 Å². The maximum absolute atomic E-state index is 13.4. The first kappa shape index (κ1) is 25.2. The van der Waals surface area contributed by atoms with E-state index in [1.807, 2.05) is 31.2 Å². The minimum absolute atomic E-state index is 0. The summed E-state index contributed by atoms with van der Waals surface area (Å²) >= 11 is 0. The van der Waals surface area contributed by atoms with E-state index in [1.165, 1.54) is 6.07 Å². The van der Waals surface area contributed by atoms with Gasteiger partial charge in [-0.25, -0.2) is 0 Å². The van der Waals surface area contributed by atoms with Gasteiger partial charge in [0.05, 0.1) is 30.9 Å². The van der Waals surface area contributed by atoms with Crippen molar-refractivity contribution in [2.45, 2.75) is 37.9 Å². The van der Waals surface area contributed by atoms with Crippen LogP contribution in [-0.4, -0.2) is 35.6 Å². The van der Waals surface area contributed by atoms with Crippen LogP contribution in [0.5, 0.6) is 5.75 Å². The summed E-state index contributed by atoms with van der Waals surface area (Å²) in [4.78, 5) is 0. The fourth-order valence-corrected chi connectivity index (χ4v) is 2.72. The molecule has 0 fully saturated rings. The van der Waals surface area contributed by atoms with Crippen LogP contribution in [0.15, 0.2) is 42.5 Å². The molecule has 4 N–H and O–H groups in total. The minimum Gasteiger partial charge on any atom is -0.493 e. The minimum atomic E-state index is -4.55. The van der Waals surface area contributed by atoms with Crippen LogP contribution in [0, 0.1) is 6.92 Å². The van der Waals surface area contributed by atoms with E-state index < -0.39 is 30.5 Å². The average Bonchev–Trinajstić information content (AvgIpc) is 2.67. The number of rotatable bonds is 9. The quantitative estimate of drug-likeness (QED) is 0.564. The number of aliphatic hydroxyl groups excluding tert-OH is 2. The molecule has 0 radical (unpaired) electrons. The molecule has 0 spiro atoms. The molecular weight excluding hydrogens is 407 g/mol. The van der Waals surface area contributed by atoms with Crippen LogP contribution in [0.1, 0.15) is 28.7 Å². The largest absolute Gasteiger partial charge is 0.493 e. The Hall–Kier alpha value is -1.80. The van der Waals surface area contributed by atoms with Crippen LogP contribution in [-0.2, 0) is 19.0 Å². The van der Waals surface area contributed by atoms with E-state index in [0.717, 1.165) is 17.2 Å². The van der Waals surface area contributed by atoms with Crippen molar-refractivity contribution in [3.63, 3.8) is 0 Å². The molecule has 0 aliphatic carbocycles. The third kappa shape index (κ3) is 7.51. The number of ether oxygens (including phenoxy) is 1. The van der Waals surface area contributed by atoms with Gasteiger partial charge in [0.2, 0.25) is 0 Å². The van der Waals surface area contributed by atoms with Crippen molar-refractivity contribution >= 4 is 12.4 Å². The molecule has 2 aromatic carbocycles. The van der Waals surface area contributed by atoms with Gasteiger partial charge in [0, 0.05) is 6.42 Å². The molecule has 162 valence electrons. The van der Waals surface area contributed by atoms with Crippen LogP contribution in [0.3, 0.4) is 0 Å². The maximum Gasteiger partial charge on any atom is 0.419 e. The summed E-state index contributed by atoms with van der Waals surface area (Å²) in [7, 11) is 0. The van der Waals surface area contributed by atoms with Crippen LogP contribution in [0.4, 0.5) is 13.2 Å². The van der Waals surface area contributed by atoms with Crippen molar-refractivity contribution < 1.29 is 28.1 Å². The fraction of sp³-hybridized carbons (Fsp3) is 0.429. The number of benzene rings is 2. The third-order valence-electron chi connectivity index (χ3n) is 4.66. The van der Waals surface area contributed by atoms with Gasteiger partial charge in [-0.3, -0.25) is 0 Å². The summed E-state index contributed by atoms with van der Waals surface area (Å²) in [6.07, 6.45) is -3.69. The van der Waals surface area contributed by atoms with Crippen LogP contribution in [0.25, 0.3) is 0 Å². The van der Waals surface area contributed by atoms with Crippen molar-refractivity contribution in [2.75, 3.05) is 19.8 Å². The molecule has 0 aromatic heterocycles. The van der Waals surface area contributed by atoms with E-state index in [9.17, 15) is 23.4 Å². The van der Waals surface area contributed by atoms with Crippen LogP contribution in [0.2, 0.25) is 0 Å². The van der Waals surface area contributed by atoms with E-state index >= 15 is 0 Å². The molecule has 4 nitrogen and oxygen atoms in total. The average molecular weight is 434 g/mol. The highest BCUT2D eigenvalue weighted by molar-refractivity contribution is 5.85. The highest BCUT2D eigenvalue weighted by Crippen LogP contribution is 2.37. The highest BCUT2D eigenvalue weighted by Gasteiger charge is 2.35. The van der Waals surface area contributed by atoms with Crippen molar-refractivity contribution in [3.05, 3.63) is 64.7 Å². The number of nitrogens with two attached hydrogens (primary N) is 1. The predicted molar refractivity (Wildman–Crippen MR) is 108 cm³/mol. The normalized spacial score (nSPS) is 11.8. The van der Waals surface area contributed by atoms with E-state index in [-0.39, 0.29) is 37.6 Å². The Labute approximate surface area is 174 Å². The zero-order valence-corrected chi connectivity index (χ0v) is 17.0. The smallest absolute Gasteiger partial charge is 0.419 e. The summed E-state index contributed by atoms with van der Waals surface area (Å²) < 4.78 is 45.8.